The lowest BCUT2D eigenvalue weighted by Crippen LogP contribution is -2.43. The van der Waals surface area contributed by atoms with E-state index < -0.39 is 12.3 Å². The van der Waals surface area contributed by atoms with Gasteiger partial charge in [0.05, 0.1) is 23.8 Å². The molecule has 0 saturated heterocycles. The summed E-state index contributed by atoms with van der Waals surface area (Å²) in [5, 5.41) is 4.75. The molecule has 0 aliphatic carbocycles. The van der Waals surface area contributed by atoms with Crippen LogP contribution in [-0.2, 0) is 4.79 Å². The average molecular weight is 457 g/mol. The summed E-state index contributed by atoms with van der Waals surface area (Å²) >= 11 is 6.26. The van der Waals surface area contributed by atoms with Gasteiger partial charge in [-0.15, -0.1) is 8.78 Å². The summed E-state index contributed by atoms with van der Waals surface area (Å²) in [5.74, 6) is -0.850. The normalized spacial score (nSPS) is 22.0. The smallest absolute Gasteiger partial charge is 0.395 e. The van der Waals surface area contributed by atoms with Crippen molar-refractivity contribution < 1.29 is 27.4 Å². The van der Waals surface area contributed by atoms with Crippen LogP contribution in [0.15, 0.2) is 41.5 Å². The molecule has 0 amide bonds. The highest BCUT2D eigenvalue weighted by Crippen LogP contribution is 2.45. The largest absolute Gasteiger partial charge is 0.586 e. The first-order valence-electron chi connectivity index (χ1n) is 9.40. The molecule has 1 aromatic carbocycles. The molecule has 166 valence electrons. The maximum absolute atomic E-state index is 13.9. The van der Waals surface area contributed by atoms with Crippen LogP contribution in [-0.4, -0.2) is 55.2 Å². The molecule has 3 aliphatic rings. The van der Waals surface area contributed by atoms with Gasteiger partial charge in [0.2, 0.25) is 0 Å². The van der Waals surface area contributed by atoms with Crippen molar-refractivity contribution in [3.8, 4) is 11.5 Å². The third kappa shape index (κ3) is 4.17. The van der Waals surface area contributed by atoms with Crippen molar-refractivity contribution in [1.82, 2.24) is 20.7 Å². The van der Waals surface area contributed by atoms with Gasteiger partial charge in [0, 0.05) is 43.2 Å². The molecule has 0 saturated carbocycles. The van der Waals surface area contributed by atoms with E-state index in [0.717, 1.165) is 0 Å². The Bertz CT molecular complexity index is 1040. The molecule has 1 unspecified atom stereocenters. The first-order chi connectivity index (χ1) is 14.5. The molecular weight excluding hydrogens is 437 g/mol. The molecule has 31 heavy (non-hydrogen) atoms. The molecule has 7 nitrogen and oxygen atoms in total. The van der Waals surface area contributed by atoms with Gasteiger partial charge in [0.15, 0.2) is 17.3 Å². The number of nitrogens with zero attached hydrogens (tertiary/aromatic N) is 2. The van der Waals surface area contributed by atoms with Gasteiger partial charge in [-0.3, -0.25) is 4.79 Å². The second-order valence-electron chi connectivity index (χ2n) is 7.48. The Balaban J connectivity index is 1.49. The van der Waals surface area contributed by atoms with E-state index in [-0.39, 0.29) is 34.7 Å². The maximum atomic E-state index is 13.9. The third-order valence-electron chi connectivity index (χ3n) is 5.16. The van der Waals surface area contributed by atoms with Crippen LogP contribution in [0.1, 0.15) is 12.5 Å². The zero-order valence-electron chi connectivity index (χ0n) is 16.9. The highest BCUT2D eigenvalue weighted by molar-refractivity contribution is 6.32. The molecule has 11 heteroatoms. The van der Waals surface area contributed by atoms with Crippen LogP contribution in [0.2, 0.25) is 5.02 Å². The lowest BCUT2D eigenvalue weighted by atomic mass is 10.1. The number of hydrazine groups is 1. The SMILES string of the molecule is CC1=C(NCC(=O)C2C=C(c3cc4c(cc3Cl)OC(F)(F)O4)N(C)N2)CN(C)C=C1F. The highest BCUT2D eigenvalue weighted by atomic mass is 35.5. The zero-order valence-corrected chi connectivity index (χ0v) is 17.7. The molecule has 0 spiro atoms. The average Bonchev–Trinajstić information content (AvgIpc) is 3.20. The Kier molecular flexibility index (Phi) is 5.30. The van der Waals surface area contributed by atoms with Gasteiger partial charge in [-0.1, -0.05) is 11.6 Å². The number of ether oxygens (including phenoxy) is 2. The van der Waals surface area contributed by atoms with Gasteiger partial charge in [0.1, 0.15) is 11.9 Å². The van der Waals surface area contributed by atoms with Crippen LogP contribution in [0, 0.1) is 0 Å². The lowest BCUT2D eigenvalue weighted by Gasteiger charge is -2.25. The number of allylic oxidation sites excluding steroid dienone is 2. The van der Waals surface area contributed by atoms with E-state index in [9.17, 15) is 18.0 Å². The summed E-state index contributed by atoms with van der Waals surface area (Å²) in [5.41, 5.74) is 5.00. The number of ketones is 1. The van der Waals surface area contributed by atoms with Crippen molar-refractivity contribution in [3.05, 3.63) is 52.1 Å². The van der Waals surface area contributed by atoms with Gasteiger partial charge in [0.25, 0.3) is 0 Å². The fourth-order valence-electron chi connectivity index (χ4n) is 3.53. The van der Waals surface area contributed by atoms with Crippen LogP contribution in [0.4, 0.5) is 13.2 Å². The fraction of sp³-hybridized carbons (Fsp3) is 0.350. The van der Waals surface area contributed by atoms with E-state index in [1.807, 2.05) is 0 Å². The molecule has 0 radical (unpaired) electrons. The molecule has 0 bridgehead atoms. The van der Waals surface area contributed by atoms with Gasteiger partial charge >= 0.3 is 6.29 Å². The zero-order chi connectivity index (χ0) is 22.5. The summed E-state index contributed by atoms with van der Waals surface area (Å²) in [6.45, 7) is 2.09. The monoisotopic (exact) mass is 456 g/mol. The summed E-state index contributed by atoms with van der Waals surface area (Å²) < 4.78 is 49.4. The number of halogens is 4. The number of hydrogen-bond donors (Lipinski definition) is 2. The molecule has 1 aromatic rings. The summed E-state index contributed by atoms with van der Waals surface area (Å²) in [7, 11) is 3.41. The Morgan fingerprint density at radius 1 is 1.32 bits per heavy atom. The van der Waals surface area contributed by atoms with Gasteiger partial charge in [-0.2, -0.15) is 0 Å². The van der Waals surface area contributed by atoms with E-state index in [1.54, 1.807) is 37.0 Å². The number of alkyl halides is 2. The van der Waals surface area contributed by atoms with E-state index in [4.69, 9.17) is 11.6 Å². The highest BCUT2D eigenvalue weighted by Gasteiger charge is 2.44. The Morgan fingerprint density at radius 3 is 2.71 bits per heavy atom. The van der Waals surface area contributed by atoms with Crippen LogP contribution >= 0.6 is 11.6 Å². The molecule has 4 rings (SSSR count). The molecule has 0 aromatic heterocycles. The first kappa shape index (κ1) is 21.4. The molecule has 2 N–H and O–H groups in total. The lowest BCUT2D eigenvalue weighted by molar-refractivity contribution is -0.286. The number of likely N-dealkylation sites (N-methyl/N-ethyl adjacent to an activating group) is 1. The summed E-state index contributed by atoms with van der Waals surface area (Å²) in [6, 6.07) is 1.91. The van der Waals surface area contributed by atoms with Crippen molar-refractivity contribution >= 4 is 23.1 Å². The molecule has 0 fully saturated rings. The van der Waals surface area contributed by atoms with E-state index in [0.29, 0.717) is 29.1 Å². The van der Waals surface area contributed by atoms with Crippen molar-refractivity contribution in [2.75, 3.05) is 27.2 Å². The second-order valence-corrected chi connectivity index (χ2v) is 7.89. The Morgan fingerprint density at radius 2 is 2.00 bits per heavy atom. The number of fused-ring (bicyclic) bond motifs is 1. The van der Waals surface area contributed by atoms with Crippen molar-refractivity contribution in [1.29, 1.82) is 0 Å². The van der Waals surface area contributed by atoms with Crippen molar-refractivity contribution in [2.24, 2.45) is 0 Å². The quantitative estimate of drug-likeness (QED) is 0.706. The minimum atomic E-state index is -3.75. The van der Waals surface area contributed by atoms with Crippen LogP contribution < -0.4 is 20.2 Å². The number of rotatable bonds is 5. The molecule has 1 atom stereocenters. The van der Waals surface area contributed by atoms with Crippen molar-refractivity contribution in [2.45, 2.75) is 19.3 Å². The number of benzene rings is 1. The predicted molar refractivity (Wildman–Crippen MR) is 108 cm³/mol. The maximum Gasteiger partial charge on any atom is 0.586 e. The number of nitrogens with one attached hydrogen (secondary N) is 2. The molecule has 3 aliphatic heterocycles. The number of carbonyl (C=O) groups excluding carboxylic acids is 1. The fourth-order valence-corrected chi connectivity index (χ4v) is 3.78. The Labute approximate surface area is 181 Å². The van der Waals surface area contributed by atoms with Gasteiger partial charge < -0.3 is 24.7 Å². The molecular formula is C20H20ClF3N4O3. The second kappa shape index (κ2) is 7.69. The van der Waals surface area contributed by atoms with Gasteiger partial charge in [-0.25, -0.2) is 9.82 Å². The Hall–Kier alpha value is -2.85. The third-order valence-corrected chi connectivity index (χ3v) is 5.47. The first-order valence-corrected chi connectivity index (χ1v) is 9.77. The van der Waals surface area contributed by atoms with Crippen LogP contribution in [0.25, 0.3) is 5.70 Å². The van der Waals surface area contributed by atoms with E-state index >= 15 is 0 Å². The minimum absolute atomic E-state index is 0.0236. The number of carbonyl (C=O) groups is 1. The van der Waals surface area contributed by atoms with E-state index in [1.165, 1.54) is 18.3 Å². The summed E-state index contributed by atoms with van der Waals surface area (Å²) in [6.07, 6.45) is -0.715. The topological polar surface area (TPSA) is 66.1 Å². The number of Topliss-reactive ketones (excluding diaryl/α,β-unsaturated/α-hetero) is 1. The van der Waals surface area contributed by atoms with Crippen LogP contribution in [0.5, 0.6) is 11.5 Å². The summed E-state index contributed by atoms with van der Waals surface area (Å²) in [4.78, 5) is 14.4. The number of hydrogen-bond acceptors (Lipinski definition) is 7. The minimum Gasteiger partial charge on any atom is -0.395 e. The van der Waals surface area contributed by atoms with E-state index in [2.05, 4.69) is 20.2 Å². The molecule has 3 heterocycles. The standard InChI is InChI=1S/C20H20ClF3N4O3/c1-10-13(22)8-27(2)9-15(10)25-7-17(29)14-6-16(28(3)26-14)11-4-18-19(5-12(11)21)31-20(23,24)30-18/h4-6,8,14,25-26H,7,9H2,1-3H3. The van der Waals surface area contributed by atoms with Gasteiger partial charge in [-0.05, 0) is 19.1 Å². The predicted octanol–water partition coefficient (Wildman–Crippen LogP) is 3.01. The van der Waals surface area contributed by atoms with Crippen LogP contribution in [0.3, 0.4) is 0 Å². The van der Waals surface area contributed by atoms with Crippen molar-refractivity contribution in [3.63, 3.8) is 0 Å².